The largest absolute Gasteiger partial charge is 0.459 e. The fourth-order valence-corrected chi connectivity index (χ4v) is 10.8. The van der Waals surface area contributed by atoms with E-state index in [1.807, 2.05) is 54.6 Å². The summed E-state index contributed by atoms with van der Waals surface area (Å²) in [7, 11) is 1.86. The van der Waals surface area contributed by atoms with Crippen LogP contribution in [0.3, 0.4) is 0 Å². The SMILES string of the molecule is C=CCOC12Oc3ccc(Oc4ccc(SC)cc4)cc3C3C(CCCCO)C(CCCCO)C=C(C(=NOCc4ccc([N+](=O)[O-])cc4)CC1N(C)C(=O)CCCCCCCCCCC)C32. The number of hydrogen-bond donors (Lipinski definition) is 2. The third kappa shape index (κ3) is 13.3. The first-order valence-electron chi connectivity index (χ1n) is 24.7. The van der Waals surface area contributed by atoms with E-state index in [9.17, 15) is 25.1 Å². The number of allylic oxidation sites excluding steroid dienone is 1. The van der Waals surface area contributed by atoms with E-state index in [1.165, 1.54) is 50.7 Å². The normalized spacial score (nSPS) is 22.3. The van der Waals surface area contributed by atoms with Crippen molar-refractivity contribution in [2.75, 3.05) is 33.1 Å². The molecule has 0 aromatic heterocycles. The summed E-state index contributed by atoms with van der Waals surface area (Å²) in [6.45, 7) is 6.73. The van der Waals surface area contributed by atoms with Crippen molar-refractivity contribution in [3.05, 3.63) is 112 Å². The molecule has 6 atom stereocenters. The van der Waals surface area contributed by atoms with Gasteiger partial charge in [-0.1, -0.05) is 88.4 Å². The second-order valence-electron chi connectivity index (χ2n) is 18.3. The zero-order chi connectivity index (χ0) is 47.6. The van der Waals surface area contributed by atoms with Gasteiger partial charge in [-0.2, -0.15) is 0 Å². The van der Waals surface area contributed by atoms with Crippen LogP contribution in [0.5, 0.6) is 17.2 Å². The van der Waals surface area contributed by atoms with Crippen molar-refractivity contribution < 1.29 is 39.0 Å². The molecule has 0 spiro atoms. The van der Waals surface area contributed by atoms with E-state index in [-0.39, 0.29) is 62.2 Å². The molecule has 12 nitrogen and oxygen atoms in total. The summed E-state index contributed by atoms with van der Waals surface area (Å²) in [4.78, 5) is 34.6. The first-order chi connectivity index (χ1) is 32.7. The van der Waals surface area contributed by atoms with Crippen LogP contribution in [0.4, 0.5) is 5.69 Å². The molecular weight excluding hydrogens is 867 g/mol. The molecule has 1 amide bonds. The van der Waals surface area contributed by atoms with Crippen LogP contribution in [0.2, 0.25) is 0 Å². The lowest BCUT2D eigenvalue weighted by Crippen LogP contribution is -2.69. The number of amides is 1. The Balaban J connectivity index is 1.44. The number of aliphatic hydroxyl groups is 2. The zero-order valence-corrected chi connectivity index (χ0v) is 40.8. The van der Waals surface area contributed by atoms with Gasteiger partial charge in [0, 0.05) is 61.6 Å². The molecule has 6 rings (SSSR count). The number of aliphatic hydroxyl groups excluding tert-OH is 2. The van der Waals surface area contributed by atoms with E-state index in [0.29, 0.717) is 42.2 Å². The predicted octanol–water partition coefficient (Wildman–Crippen LogP) is 12.3. The summed E-state index contributed by atoms with van der Waals surface area (Å²) < 4.78 is 21.0. The van der Waals surface area contributed by atoms with E-state index >= 15 is 0 Å². The van der Waals surface area contributed by atoms with E-state index in [0.717, 1.165) is 66.5 Å². The Morgan fingerprint density at radius 2 is 1.60 bits per heavy atom. The number of hydrogen-bond acceptors (Lipinski definition) is 11. The van der Waals surface area contributed by atoms with Crippen molar-refractivity contribution in [2.24, 2.45) is 22.9 Å². The first kappa shape index (κ1) is 51.7. The molecule has 3 aromatic rings. The van der Waals surface area contributed by atoms with Crippen LogP contribution in [-0.4, -0.2) is 76.6 Å². The maximum atomic E-state index is 14.5. The van der Waals surface area contributed by atoms with E-state index in [2.05, 4.69) is 25.6 Å². The highest BCUT2D eigenvalue weighted by molar-refractivity contribution is 7.98. The molecule has 67 heavy (non-hydrogen) atoms. The summed E-state index contributed by atoms with van der Waals surface area (Å²) in [5, 5.41) is 36.2. The predicted molar refractivity (Wildman–Crippen MR) is 266 cm³/mol. The average molecular weight is 940 g/mol. The molecule has 1 heterocycles. The Hall–Kier alpha value is -4.69. The summed E-state index contributed by atoms with van der Waals surface area (Å²) in [5.74, 6) is 0.188. The number of carbonyl (C=O) groups is 1. The third-order valence-corrected chi connectivity index (χ3v) is 14.6. The molecule has 364 valence electrons. The fourth-order valence-electron chi connectivity index (χ4n) is 10.4. The van der Waals surface area contributed by atoms with Crippen molar-refractivity contribution in [1.82, 2.24) is 4.90 Å². The van der Waals surface area contributed by atoms with Crippen molar-refractivity contribution >= 4 is 29.1 Å². The lowest BCUT2D eigenvalue weighted by atomic mass is 9.55. The highest BCUT2D eigenvalue weighted by Crippen LogP contribution is 2.62. The van der Waals surface area contributed by atoms with Crippen LogP contribution < -0.4 is 9.47 Å². The van der Waals surface area contributed by atoms with Crippen LogP contribution in [0.15, 0.2) is 101 Å². The number of non-ortho nitro benzene ring substituents is 1. The smallest absolute Gasteiger partial charge is 0.269 e. The van der Waals surface area contributed by atoms with Gasteiger partial charge in [-0.25, -0.2) is 0 Å². The van der Waals surface area contributed by atoms with Crippen molar-refractivity contribution in [1.29, 1.82) is 0 Å². The summed E-state index contributed by atoms with van der Waals surface area (Å²) in [6.07, 6.45) is 21.7. The molecule has 1 aliphatic heterocycles. The van der Waals surface area contributed by atoms with Gasteiger partial charge < -0.3 is 34.2 Å². The van der Waals surface area contributed by atoms with Gasteiger partial charge in [0.05, 0.1) is 23.2 Å². The van der Waals surface area contributed by atoms with Gasteiger partial charge in [-0.15, -0.1) is 18.3 Å². The quantitative estimate of drug-likeness (QED) is 0.0226. The zero-order valence-electron chi connectivity index (χ0n) is 40.0. The Morgan fingerprint density at radius 1 is 0.925 bits per heavy atom. The molecule has 0 radical (unpaired) electrons. The summed E-state index contributed by atoms with van der Waals surface area (Å²) >= 11 is 1.67. The van der Waals surface area contributed by atoms with Crippen molar-refractivity contribution in [3.8, 4) is 17.2 Å². The maximum Gasteiger partial charge on any atom is 0.269 e. The van der Waals surface area contributed by atoms with Crippen molar-refractivity contribution in [3.63, 3.8) is 0 Å². The Kier molecular flexibility index (Phi) is 20.2. The highest BCUT2D eigenvalue weighted by atomic mass is 32.2. The Labute approximate surface area is 402 Å². The monoisotopic (exact) mass is 940 g/mol. The number of fused-ring (bicyclic) bond motifs is 2. The van der Waals surface area contributed by atoms with Gasteiger partial charge >= 0.3 is 0 Å². The molecule has 2 aliphatic carbocycles. The van der Waals surface area contributed by atoms with Gasteiger partial charge in [-0.05, 0) is 116 Å². The molecule has 3 aliphatic rings. The summed E-state index contributed by atoms with van der Waals surface area (Å²) in [5.41, 5.74) is 3.33. The van der Waals surface area contributed by atoms with E-state index < -0.39 is 22.7 Å². The molecule has 13 heteroatoms. The number of nitrogens with zero attached hydrogens (tertiary/aromatic N) is 3. The standard InChI is InChI=1S/C54H73N3O9S/c1-5-7-8-9-10-11-12-13-14-21-51(60)56(3)50-37-48(55-64-38-39-22-24-41(25-23-39)57(61)62)46-35-40(19-15-17-32-58)45(20-16-18-33-59)52-47-36-43(65-42-26-29-44(67-4)30-27-42)28-31-49(47)66-54(50,53(46)52)63-34-6-2/h6,22-31,35-36,40,45,50,52-53,58-59H,2,5,7-21,32-34,37-38H2,1,3-4H3. The molecule has 0 bridgehead atoms. The summed E-state index contributed by atoms with van der Waals surface area (Å²) in [6, 6.07) is 19.6. The van der Waals surface area contributed by atoms with Crippen LogP contribution >= 0.6 is 11.8 Å². The van der Waals surface area contributed by atoms with E-state index in [4.69, 9.17) is 24.2 Å². The number of thioether (sulfide) groups is 1. The molecule has 2 N–H and O–H groups in total. The second kappa shape index (κ2) is 26.2. The minimum atomic E-state index is -1.35. The van der Waals surface area contributed by atoms with Crippen LogP contribution in [0.25, 0.3) is 0 Å². The maximum absolute atomic E-state index is 14.5. The third-order valence-electron chi connectivity index (χ3n) is 13.8. The average Bonchev–Trinajstić information content (AvgIpc) is 3.34. The highest BCUT2D eigenvalue weighted by Gasteiger charge is 2.65. The van der Waals surface area contributed by atoms with Gasteiger partial charge in [0.1, 0.15) is 29.9 Å². The number of unbranched alkanes of at least 4 members (excludes halogenated alkanes) is 10. The lowest BCUT2D eigenvalue weighted by Gasteiger charge is -2.59. The fraction of sp³-hybridized carbons (Fsp3) is 0.556. The number of likely N-dealkylation sites (N-methyl/N-ethyl adjacent to an activating group) is 1. The topological polar surface area (TPSA) is 153 Å². The number of nitro benzene ring substituents is 1. The second-order valence-corrected chi connectivity index (χ2v) is 19.2. The molecular formula is C54H73N3O9S. The number of nitro groups is 1. The Bertz CT molecular complexity index is 2110. The minimum Gasteiger partial charge on any atom is -0.459 e. The van der Waals surface area contributed by atoms with Gasteiger partial charge in [0.15, 0.2) is 0 Å². The molecule has 1 saturated carbocycles. The van der Waals surface area contributed by atoms with Crippen LogP contribution in [0, 0.1) is 27.9 Å². The van der Waals surface area contributed by atoms with E-state index in [1.54, 1.807) is 30.0 Å². The lowest BCUT2D eigenvalue weighted by molar-refractivity contribution is -0.384. The van der Waals surface area contributed by atoms with Crippen LogP contribution in [0.1, 0.15) is 133 Å². The number of benzene rings is 3. The van der Waals surface area contributed by atoms with Gasteiger partial charge in [0.25, 0.3) is 5.69 Å². The molecule has 1 fully saturated rings. The van der Waals surface area contributed by atoms with Gasteiger partial charge in [0.2, 0.25) is 11.7 Å². The molecule has 0 saturated heterocycles. The minimum absolute atomic E-state index is 0.00464. The molecule has 6 unspecified atom stereocenters. The number of ether oxygens (including phenoxy) is 3. The van der Waals surface area contributed by atoms with Gasteiger partial charge in [-0.3, -0.25) is 14.9 Å². The number of oxime groups is 1. The number of carbonyl (C=O) groups excluding carboxylic acids is 1. The van der Waals surface area contributed by atoms with Crippen molar-refractivity contribution in [2.45, 2.75) is 145 Å². The van der Waals surface area contributed by atoms with Crippen LogP contribution in [-0.2, 0) is 21.0 Å². The number of rotatable bonds is 29. The first-order valence-corrected chi connectivity index (χ1v) is 25.9. The molecule has 3 aromatic carbocycles. The Morgan fingerprint density at radius 3 is 2.25 bits per heavy atom.